The van der Waals surface area contributed by atoms with Crippen molar-refractivity contribution in [3.63, 3.8) is 0 Å². The third-order valence-corrected chi connectivity index (χ3v) is 6.95. The van der Waals surface area contributed by atoms with E-state index < -0.39 is 7.92 Å². The van der Waals surface area contributed by atoms with Crippen LogP contribution >= 0.6 is 7.92 Å². The van der Waals surface area contributed by atoms with Crippen molar-refractivity contribution < 1.29 is 0 Å². The predicted molar refractivity (Wildman–Crippen MR) is 111 cm³/mol. The van der Waals surface area contributed by atoms with Crippen LogP contribution in [0.5, 0.6) is 0 Å². The van der Waals surface area contributed by atoms with Gasteiger partial charge in [-0.15, -0.1) is 0 Å². The molecular weight excluding hydrogens is 321 g/mol. The van der Waals surface area contributed by atoms with Gasteiger partial charge in [-0.1, -0.05) is 97.1 Å². The number of fused-ring (bicyclic) bond motifs is 1. The molecule has 122 valence electrons. The number of hydrogen-bond donors (Lipinski definition) is 1. The van der Waals surface area contributed by atoms with Crippen LogP contribution in [-0.2, 0) is 6.54 Å². The van der Waals surface area contributed by atoms with Gasteiger partial charge in [0.2, 0.25) is 0 Å². The Hall–Kier alpha value is -2.47. The Balaban J connectivity index is 1.93. The summed E-state index contributed by atoms with van der Waals surface area (Å²) in [5.74, 6) is 0. The zero-order chi connectivity index (χ0) is 17.1. The maximum Gasteiger partial charge on any atom is 0.0178 e. The van der Waals surface area contributed by atoms with Crippen LogP contribution in [0.15, 0.2) is 97.1 Å². The lowest BCUT2D eigenvalue weighted by atomic mass is 10.1. The maximum atomic E-state index is 5.78. The largest absolute Gasteiger partial charge is 0.326 e. The molecule has 1 nitrogen and oxygen atoms in total. The van der Waals surface area contributed by atoms with E-state index in [1.54, 1.807) is 0 Å². The van der Waals surface area contributed by atoms with Crippen LogP contribution in [0.4, 0.5) is 0 Å². The van der Waals surface area contributed by atoms with Crippen LogP contribution in [0, 0.1) is 0 Å². The second-order valence-electron chi connectivity index (χ2n) is 6.04. The van der Waals surface area contributed by atoms with Gasteiger partial charge in [-0.05, 0) is 40.2 Å². The van der Waals surface area contributed by atoms with Crippen molar-refractivity contribution in [2.24, 2.45) is 5.73 Å². The van der Waals surface area contributed by atoms with Gasteiger partial charge in [0.15, 0.2) is 0 Å². The number of hydrogen-bond acceptors (Lipinski definition) is 1. The van der Waals surface area contributed by atoms with Gasteiger partial charge in [0.1, 0.15) is 0 Å². The molecule has 2 N–H and O–H groups in total. The van der Waals surface area contributed by atoms with Gasteiger partial charge in [-0.3, -0.25) is 0 Å². The second-order valence-corrected chi connectivity index (χ2v) is 8.23. The summed E-state index contributed by atoms with van der Waals surface area (Å²) >= 11 is 0. The topological polar surface area (TPSA) is 26.0 Å². The minimum absolute atomic E-state index is 0.581. The van der Waals surface area contributed by atoms with E-state index in [-0.39, 0.29) is 0 Å². The molecule has 1 unspecified atom stereocenters. The molecule has 0 spiro atoms. The summed E-state index contributed by atoms with van der Waals surface area (Å²) < 4.78 is 0. The quantitative estimate of drug-likeness (QED) is 0.557. The fourth-order valence-corrected chi connectivity index (χ4v) is 5.64. The smallest absolute Gasteiger partial charge is 0.0178 e. The summed E-state index contributed by atoms with van der Waals surface area (Å²) in [7, 11) is -0.604. The van der Waals surface area contributed by atoms with E-state index in [0.717, 1.165) is 0 Å². The molecule has 4 rings (SSSR count). The standard InChI is InChI=1S/C23H20NP/c24-17-18-13-15-21(16-14-18)25(20-9-2-1-3-10-20)23-12-6-8-19-7-4-5-11-22(19)23/h1-16H,17,24H2. The summed E-state index contributed by atoms with van der Waals surface area (Å²) in [6.07, 6.45) is 0. The van der Waals surface area contributed by atoms with Gasteiger partial charge in [0.05, 0.1) is 0 Å². The molecular formula is C23H20NP. The molecule has 0 radical (unpaired) electrons. The van der Waals surface area contributed by atoms with Crippen LogP contribution in [0.25, 0.3) is 10.8 Å². The highest BCUT2D eigenvalue weighted by atomic mass is 31.1. The third-order valence-electron chi connectivity index (χ3n) is 4.45. The summed E-state index contributed by atoms with van der Waals surface area (Å²) in [6, 6.07) is 34.9. The molecule has 0 bridgehead atoms. The van der Waals surface area contributed by atoms with E-state index >= 15 is 0 Å². The first-order valence-electron chi connectivity index (χ1n) is 8.49. The number of nitrogens with two attached hydrogens (primary N) is 1. The average Bonchev–Trinajstić information content (AvgIpc) is 2.70. The SMILES string of the molecule is NCc1ccc(P(c2ccccc2)c2cccc3ccccc23)cc1. The molecule has 25 heavy (non-hydrogen) atoms. The van der Waals surface area contributed by atoms with Crippen molar-refractivity contribution in [2.45, 2.75) is 6.54 Å². The molecule has 0 aliphatic heterocycles. The Labute approximate surface area is 149 Å². The fraction of sp³-hybridized carbons (Fsp3) is 0.0435. The Morgan fingerprint density at radius 3 is 2.00 bits per heavy atom. The normalized spacial score (nSPS) is 12.2. The maximum absolute atomic E-state index is 5.78. The Morgan fingerprint density at radius 1 is 0.600 bits per heavy atom. The van der Waals surface area contributed by atoms with E-state index in [2.05, 4.69) is 97.1 Å². The van der Waals surface area contributed by atoms with E-state index in [9.17, 15) is 0 Å². The Kier molecular flexibility index (Phi) is 4.61. The van der Waals surface area contributed by atoms with Crippen molar-refractivity contribution in [1.29, 1.82) is 0 Å². The van der Waals surface area contributed by atoms with Crippen molar-refractivity contribution in [1.82, 2.24) is 0 Å². The lowest BCUT2D eigenvalue weighted by molar-refractivity contribution is 1.07. The molecule has 0 aliphatic rings. The van der Waals surface area contributed by atoms with E-state index in [1.807, 2.05) is 0 Å². The lowest BCUT2D eigenvalue weighted by Gasteiger charge is -2.21. The first-order chi connectivity index (χ1) is 12.4. The van der Waals surface area contributed by atoms with Gasteiger partial charge < -0.3 is 5.73 Å². The van der Waals surface area contributed by atoms with E-state index in [1.165, 1.54) is 32.2 Å². The molecule has 1 atom stereocenters. The van der Waals surface area contributed by atoms with Crippen molar-refractivity contribution in [2.75, 3.05) is 0 Å². The zero-order valence-electron chi connectivity index (χ0n) is 14.0. The van der Waals surface area contributed by atoms with E-state index in [4.69, 9.17) is 5.73 Å². The molecule has 0 amide bonds. The Bertz CT molecular complexity index is 972. The summed E-state index contributed by atoms with van der Waals surface area (Å²) in [5, 5.41) is 6.76. The van der Waals surface area contributed by atoms with Crippen LogP contribution in [0.1, 0.15) is 5.56 Å². The fourth-order valence-electron chi connectivity index (χ4n) is 3.19. The molecule has 4 aromatic rings. The summed E-state index contributed by atoms with van der Waals surface area (Å²) in [6.45, 7) is 0.581. The second kappa shape index (κ2) is 7.19. The highest BCUT2D eigenvalue weighted by Crippen LogP contribution is 2.35. The van der Waals surface area contributed by atoms with Crippen molar-refractivity contribution in [3.05, 3.63) is 103 Å². The lowest BCUT2D eigenvalue weighted by Crippen LogP contribution is -2.21. The van der Waals surface area contributed by atoms with Crippen LogP contribution in [0.2, 0.25) is 0 Å². The molecule has 0 heterocycles. The number of rotatable bonds is 4. The van der Waals surface area contributed by atoms with Crippen molar-refractivity contribution >= 4 is 34.6 Å². The first-order valence-corrected chi connectivity index (χ1v) is 9.83. The molecule has 0 saturated carbocycles. The predicted octanol–water partition coefficient (Wildman–Crippen LogP) is 4.06. The highest BCUT2D eigenvalue weighted by molar-refractivity contribution is 7.80. The molecule has 0 fully saturated rings. The van der Waals surface area contributed by atoms with Gasteiger partial charge in [-0.25, -0.2) is 0 Å². The molecule has 0 aliphatic carbocycles. The number of benzene rings is 4. The van der Waals surface area contributed by atoms with Gasteiger partial charge in [-0.2, -0.15) is 0 Å². The third kappa shape index (κ3) is 3.22. The summed E-state index contributed by atoms with van der Waals surface area (Å²) in [4.78, 5) is 0. The monoisotopic (exact) mass is 341 g/mol. The molecule has 2 heteroatoms. The minimum Gasteiger partial charge on any atom is -0.326 e. The van der Waals surface area contributed by atoms with Crippen molar-refractivity contribution in [3.8, 4) is 0 Å². The summed E-state index contributed by atoms with van der Waals surface area (Å²) in [5.41, 5.74) is 6.95. The highest BCUT2D eigenvalue weighted by Gasteiger charge is 2.18. The Morgan fingerprint density at radius 2 is 1.24 bits per heavy atom. The zero-order valence-corrected chi connectivity index (χ0v) is 14.9. The van der Waals surface area contributed by atoms with E-state index in [0.29, 0.717) is 6.54 Å². The van der Waals surface area contributed by atoms with Gasteiger partial charge in [0, 0.05) is 6.54 Å². The van der Waals surface area contributed by atoms with Crippen LogP contribution < -0.4 is 21.6 Å². The van der Waals surface area contributed by atoms with Crippen LogP contribution in [-0.4, -0.2) is 0 Å². The van der Waals surface area contributed by atoms with Gasteiger partial charge in [0.25, 0.3) is 0 Å². The molecule has 4 aromatic carbocycles. The molecule has 0 saturated heterocycles. The minimum atomic E-state index is -0.604. The molecule has 0 aromatic heterocycles. The van der Waals surface area contributed by atoms with Crippen LogP contribution in [0.3, 0.4) is 0 Å². The first kappa shape index (κ1) is 16.0. The van der Waals surface area contributed by atoms with Gasteiger partial charge >= 0.3 is 0 Å². The average molecular weight is 341 g/mol.